The zero-order chi connectivity index (χ0) is 19.1. The van der Waals surface area contributed by atoms with Gasteiger partial charge in [0.25, 0.3) is 5.91 Å². The van der Waals surface area contributed by atoms with Crippen LogP contribution in [0.1, 0.15) is 34.1 Å². The molecule has 27 heavy (non-hydrogen) atoms. The van der Waals surface area contributed by atoms with E-state index in [1.54, 1.807) is 13.2 Å². The first kappa shape index (κ1) is 19.4. The molecule has 144 valence electrons. The monoisotopic (exact) mass is 387 g/mol. The maximum atomic E-state index is 12.2. The van der Waals surface area contributed by atoms with Crippen LogP contribution in [-0.4, -0.2) is 50.0 Å². The van der Waals surface area contributed by atoms with Gasteiger partial charge in [-0.25, -0.2) is 0 Å². The Kier molecular flexibility index (Phi) is 6.84. The molecule has 0 bridgehead atoms. The van der Waals surface area contributed by atoms with Crippen molar-refractivity contribution in [3.05, 3.63) is 52.2 Å². The van der Waals surface area contributed by atoms with Crippen molar-refractivity contribution in [2.45, 2.75) is 18.9 Å². The highest BCUT2D eigenvalue weighted by atomic mass is 32.1. The lowest BCUT2D eigenvalue weighted by molar-refractivity contribution is -0.120. The highest BCUT2D eigenvalue weighted by molar-refractivity contribution is 7.12. The van der Waals surface area contributed by atoms with Gasteiger partial charge in [0.2, 0.25) is 5.91 Å². The fourth-order valence-electron chi connectivity index (χ4n) is 3.29. The minimum atomic E-state index is -0.218. The molecular weight excluding hydrogens is 362 g/mol. The molecule has 0 aliphatic carbocycles. The summed E-state index contributed by atoms with van der Waals surface area (Å²) in [5.41, 5.74) is 1.12. The Hall–Kier alpha value is -2.38. The van der Waals surface area contributed by atoms with Crippen LogP contribution >= 0.6 is 11.3 Å². The van der Waals surface area contributed by atoms with Gasteiger partial charge >= 0.3 is 0 Å². The maximum Gasteiger partial charge on any atom is 0.261 e. The van der Waals surface area contributed by atoms with Crippen LogP contribution in [0.2, 0.25) is 0 Å². The van der Waals surface area contributed by atoms with Crippen LogP contribution in [0, 0.1) is 0 Å². The molecule has 1 atom stereocenters. The Labute approximate surface area is 163 Å². The number of benzene rings is 1. The number of nitrogens with zero attached hydrogens (tertiary/aromatic N) is 1. The standard InChI is InChI=1S/C20H25N3O3S/c1-26-16-7-4-6-15(12-16)17(23-9-2-3-10-23)13-21-19(24)14-22-20(25)18-8-5-11-27-18/h4-8,11-12,17H,2-3,9-10,13-14H2,1H3,(H,21,24)(H,22,25). The minimum absolute atomic E-state index is 0.0262. The van der Waals surface area contributed by atoms with Crippen molar-refractivity contribution in [2.75, 3.05) is 33.3 Å². The number of nitrogens with one attached hydrogen (secondary N) is 2. The lowest BCUT2D eigenvalue weighted by Gasteiger charge is -2.28. The Bertz CT molecular complexity index is 758. The quantitative estimate of drug-likeness (QED) is 0.730. The summed E-state index contributed by atoms with van der Waals surface area (Å²) < 4.78 is 5.34. The van der Waals surface area contributed by atoms with E-state index in [0.29, 0.717) is 11.4 Å². The highest BCUT2D eigenvalue weighted by Gasteiger charge is 2.24. The largest absolute Gasteiger partial charge is 0.497 e. The predicted octanol–water partition coefficient (Wildman–Crippen LogP) is 2.44. The van der Waals surface area contributed by atoms with Crippen molar-refractivity contribution in [2.24, 2.45) is 0 Å². The van der Waals surface area contributed by atoms with E-state index in [9.17, 15) is 9.59 Å². The van der Waals surface area contributed by atoms with Gasteiger partial charge in [0.1, 0.15) is 5.75 Å². The molecular formula is C20H25N3O3S. The third-order valence-corrected chi connectivity index (χ3v) is 5.58. The van der Waals surface area contributed by atoms with Gasteiger partial charge in [0.05, 0.1) is 24.6 Å². The number of ether oxygens (including phenoxy) is 1. The second-order valence-corrected chi connectivity index (χ2v) is 7.45. The molecule has 1 fully saturated rings. The fraction of sp³-hybridized carbons (Fsp3) is 0.400. The molecule has 2 aromatic rings. The van der Waals surface area contributed by atoms with E-state index in [1.807, 2.05) is 29.6 Å². The van der Waals surface area contributed by atoms with Gasteiger partial charge in [0, 0.05) is 6.54 Å². The van der Waals surface area contributed by atoms with Crippen LogP contribution in [0.15, 0.2) is 41.8 Å². The highest BCUT2D eigenvalue weighted by Crippen LogP contribution is 2.27. The third kappa shape index (κ3) is 5.30. The van der Waals surface area contributed by atoms with Crippen molar-refractivity contribution in [1.29, 1.82) is 0 Å². The van der Waals surface area contributed by atoms with Crippen LogP contribution in [-0.2, 0) is 4.79 Å². The van der Waals surface area contributed by atoms with Crippen molar-refractivity contribution in [1.82, 2.24) is 15.5 Å². The molecule has 1 saturated heterocycles. The minimum Gasteiger partial charge on any atom is -0.497 e. The van der Waals surface area contributed by atoms with Gasteiger partial charge in [0.15, 0.2) is 0 Å². The summed E-state index contributed by atoms with van der Waals surface area (Å²) in [6.45, 7) is 2.52. The Morgan fingerprint density at radius 2 is 2.00 bits per heavy atom. The van der Waals surface area contributed by atoms with Crippen LogP contribution in [0.4, 0.5) is 0 Å². The lowest BCUT2D eigenvalue weighted by atomic mass is 10.0. The SMILES string of the molecule is COc1cccc(C(CNC(=O)CNC(=O)c2cccs2)N2CCCC2)c1. The van der Waals surface area contributed by atoms with Crippen LogP contribution in [0.25, 0.3) is 0 Å². The van der Waals surface area contributed by atoms with Gasteiger partial charge in [-0.15, -0.1) is 11.3 Å². The predicted molar refractivity (Wildman–Crippen MR) is 106 cm³/mol. The first-order valence-electron chi connectivity index (χ1n) is 9.14. The molecule has 1 aromatic heterocycles. The molecule has 1 aliphatic heterocycles. The van der Waals surface area contributed by atoms with Crippen molar-refractivity contribution >= 4 is 23.2 Å². The van der Waals surface area contributed by atoms with Gasteiger partial charge in [-0.2, -0.15) is 0 Å². The topological polar surface area (TPSA) is 70.7 Å². The molecule has 1 aliphatic rings. The number of likely N-dealkylation sites (tertiary alicyclic amines) is 1. The second kappa shape index (κ2) is 9.53. The smallest absolute Gasteiger partial charge is 0.261 e. The van der Waals surface area contributed by atoms with E-state index in [4.69, 9.17) is 4.74 Å². The Morgan fingerprint density at radius 3 is 2.70 bits per heavy atom. The van der Waals surface area contributed by atoms with Gasteiger partial charge in [-0.05, 0) is 55.1 Å². The Morgan fingerprint density at radius 1 is 1.19 bits per heavy atom. The van der Waals surface area contributed by atoms with Gasteiger partial charge < -0.3 is 15.4 Å². The van der Waals surface area contributed by atoms with E-state index in [-0.39, 0.29) is 24.4 Å². The third-order valence-electron chi connectivity index (χ3n) is 4.71. The summed E-state index contributed by atoms with van der Waals surface area (Å²) in [6.07, 6.45) is 2.34. The molecule has 1 unspecified atom stereocenters. The number of hydrogen-bond acceptors (Lipinski definition) is 5. The number of methoxy groups -OCH3 is 1. The zero-order valence-electron chi connectivity index (χ0n) is 15.4. The molecule has 0 radical (unpaired) electrons. The van der Waals surface area contributed by atoms with E-state index >= 15 is 0 Å². The lowest BCUT2D eigenvalue weighted by Crippen LogP contribution is -2.41. The van der Waals surface area contributed by atoms with Crippen LogP contribution in [0.3, 0.4) is 0 Å². The second-order valence-electron chi connectivity index (χ2n) is 6.50. The zero-order valence-corrected chi connectivity index (χ0v) is 16.3. The first-order valence-corrected chi connectivity index (χ1v) is 10.0. The van der Waals surface area contributed by atoms with Gasteiger partial charge in [-0.3, -0.25) is 14.5 Å². The summed E-state index contributed by atoms with van der Waals surface area (Å²) in [5.74, 6) is 0.405. The molecule has 7 heteroatoms. The van der Waals surface area contributed by atoms with Crippen molar-refractivity contribution < 1.29 is 14.3 Å². The summed E-state index contributed by atoms with van der Waals surface area (Å²) in [5, 5.41) is 7.46. The number of amides is 2. The fourth-order valence-corrected chi connectivity index (χ4v) is 3.93. The summed E-state index contributed by atoms with van der Waals surface area (Å²) in [6, 6.07) is 11.6. The maximum absolute atomic E-state index is 12.2. The average Bonchev–Trinajstić information content (AvgIpc) is 3.40. The molecule has 2 amide bonds. The molecule has 6 nitrogen and oxygen atoms in total. The van der Waals surface area contributed by atoms with Crippen molar-refractivity contribution in [3.8, 4) is 5.75 Å². The van der Waals surface area contributed by atoms with E-state index in [2.05, 4.69) is 21.6 Å². The van der Waals surface area contributed by atoms with Crippen molar-refractivity contribution in [3.63, 3.8) is 0 Å². The Balaban J connectivity index is 1.57. The number of thiophene rings is 1. The number of rotatable bonds is 8. The molecule has 3 rings (SSSR count). The normalized spacial score (nSPS) is 15.3. The van der Waals surface area contributed by atoms with E-state index < -0.39 is 0 Å². The van der Waals surface area contributed by atoms with E-state index in [1.165, 1.54) is 24.2 Å². The number of carbonyl (C=O) groups excluding carboxylic acids is 2. The average molecular weight is 388 g/mol. The number of carbonyl (C=O) groups is 2. The molecule has 0 spiro atoms. The summed E-state index contributed by atoms with van der Waals surface area (Å²) in [4.78, 5) is 27.2. The van der Waals surface area contributed by atoms with E-state index in [0.717, 1.165) is 24.4 Å². The van der Waals surface area contributed by atoms with Crippen LogP contribution < -0.4 is 15.4 Å². The molecule has 1 aromatic carbocycles. The summed E-state index contributed by atoms with van der Waals surface area (Å²) in [7, 11) is 1.65. The summed E-state index contributed by atoms with van der Waals surface area (Å²) >= 11 is 1.36. The van der Waals surface area contributed by atoms with Crippen LogP contribution in [0.5, 0.6) is 5.75 Å². The first-order chi connectivity index (χ1) is 13.2. The molecule has 2 N–H and O–H groups in total. The molecule has 2 heterocycles. The molecule has 0 saturated carbocycles. The van der Waals surface area contributed by atoms with Gasteiger partial charge in [-0.1, -0.05) is 18.2 Å². The number of hydrogen-bond donors (Lipinski definition) is 2.